The number of aryl methyl sites for hydroxylation is 2. The molecule has 0 fully saturated rings. The van der Waals surface area contributed by atoms with Crippen molar-refractivity contribution in [1.82, 2.24) is 20.3 Å². The van der Waals surface area contributed by atoms with Gasteiger partial charge in [-0.3, -0.25) is 0 Å². The van der Waals surface area contributed by atoms with Gasteiger partial charge in [0.2, 0.25) is 0 Å². The highest BCUT2D eigenvalue weighted by atomic mass is 16.6. The normalized spacial score (nSPS) is 11.3. The Morgan fingerprint density at radius 3 is 1.37 bits per heavy atom. The van der Waals surface area contributed by atoms with Gasteiger partial charge in [0.15, 0.2) is 0 Å². The molecule has 5 heteroatoms. The van der Waals surface area contributed by atoms with Crippen LogP contribution in [0.25, 0.3) is 44.3 Å². The van der Waals surface area contributed by atoms with Gasteiger partial charge in [0.25, 0.3) is 0 Å². The Hall–Kier alpha value is -3.60. The first kappa shape index (κ1) is 15.6. The van der Waals surface area contributed by atoms with Gasteiger partial charge in [-0.2, -0.15) is 0 Å². The smallest absolute Gasteiger partial charge is 0.146 e. The van der Waals surface area contributed by atoms with Gasteiger partial charge in [-0.15, -0.1) is 0 Å². The number of nitrogens with zero attached hydrogens (tertiary/aromatic N) is 4. The fourth-order valence-corrected chi connectivity index (χ4v) is 3.45. The zero-order chi connectivity index (χ0) is 18.4. The van der Waals surface area contributed by atoms with E-state index in [-0.39, 0.29) is 0 Å². The van der Waals surface area contributed by atoms with Crippen LogP contribution in [0.2, 0.25) is 0 Å². The van der Waals surface area contributed by atoms with Crippen molar-refractivity contribution < 1.29 is 4.63 Å². The molecular formula is C22H16N4O. The van der Waals surface area contributed by atoms with Crippen LogP contribution in [-0.2, 0) is 0 Å². The molecule has 0 N–H and O–H groups in total. The third kappa shape index (κ3) is 2.39. The third-order valence-corrected chi connectivity index (χ3v) is 4.87. The first-order valence-corrected chi connectivity index (χ1v) is 8.78. The van der Waals surface area contributed by atoms with Crippen LogP contribution >= 0.6 is 0 Å². The Labute approximate surface area is 155 Å². The predicted octanol–water partition coefficient (Wildman–Crippen LogP) is 5.12. The molecule has 0 saturated heterocycles. The van der Waals surface area contributed by atoms with Crippen LogP contribution in [0.3, 0.4) is 0 Å². The van der Waals surface area contributed by atoms with E-state index in [4.69, 9.17) is 14.6 Å². The summed E-state index contributed by atoms with van der Waals surface area (Å²) in [5, 5.41) is 8.46. The molecule has 0 amide bonds. The molecule has 0 bridgehead atoms. The lowest BCUT2D eigenvalue weighted by molar-refractivity contribution is 0.315. The molecule has 130 valence electrons. The lowest BCUT2D eigenvalue weighted by Crippen LogP contribution is -1.99. The van der Waals surface area contributed by atoms with Crippen molar-refractivity contribution >= 4 is 22.1 Å². The number of aromatic nitrogens is 4. The predicted molar refractivity (Wildman–Crippen MR) is 105 cm³/mol. The first-order chi connectivity index (χ1) is 13.2. The Kier molecular flexibility index (Phi) is 3.47. The Balaban J connectivity index is 2.03. The average Bonchev–Trinajstić information content (AvgIpc) is 3.17. The second-order valence-electron chi connectivity index (χ2n) is 6.54. The molecule has 2 heterocycles. The van der Waals surface area contributed by atoms with Crippen molar-refractivity contribution in [1.29, 1.82) is 0 Å². The number of rotatable bonds is 2. The Bertz CT molecular complexity index is 1180. The van der Waals surface area contributed by atoms with Crippen LogP contribution in [0.15, 0.2) is 65.3 Å². The molecule has 0 radical (unpaired) electrons. The van der Waals surface area contributed by atoms with Crippen LogP contribution in [0, 0.1) is 13.8 Å². The maximum atomic E-state index is 5.17. The summed E-state index contributed by atoms with van der Waals surface area (Å²) in [4.78, 5) is 9.79. The number of hydrogen-bond acceptors (Lipinski definition) is 5. The van der Waals surface area contributed by atoms with E-state index in [1.54, 1.807) is 0 Å². The first-order valence-electron chi connectivity index (χ1n) is 8.78. The van der Waals surface area contributed by atoms with E-state index in [1.165, 1.54) is 0 Å². The van der Waals surface area contributed by atoms with E-state index in [1.807, 2.05) is 74.5 Å². The average molecular weight is 352 g/mol. The summed E-state index contributed by atoms with van der Waals surface area (Å²) in [7, 11) is 0. The molecule has 0 saturated carbocycles. The summed E-state index contributed by atoms with van der Waals surface area (Å²) in [6.45, 7) is 3.95. The van der Waals surface area contributed by atoms with Gasteiger partial charge < -0.3 is 0 Å². The van der Waals surface area contributed by atoms with Gasteiger partial charge in [0.1, 0.15) is 11.0 Å². The number of hydrogen-bond donors (Lipinski definition) is 0. The summed E-state index contributed by atoms with van der Waals surface area (Å²) in [6.07, 6.45) is 0. The van der Waals surface area contributed by atoms with E-state index >= 15 is 0 Å². The van der Waals surface area contributed by atoms with Gasteiger partial charge in [0.05, 0.1) is 22.4 Å². The zero-order valence-corrected chi connectivity index (χ0v) is 15.0. The Morgan fingerprint density at radius 1 is 0.556 bits per heavy atom. The summed E-state index contributed by atoms with van der Waals surface area (Å²) >= 11 is 0. The lowest BCUT2D eigenvalue weighted by atomic mass is 9.95. The fourth-order valence-electron chi connectivity index (χ4n) is 3.45. The van der Waals surface area contributed by atoms with Crippen molar-refractivity contribution in [2.45, 2.75) is 13.8 Å². The molecule has 0 aliphatic heterocycles. The van der Waals surface area contributed by atoms with Gasteiger partial charge in [0, 0.05) is 11.1 Å². The largest absolute Gasteiger partial charge is 0.249 e. The van der Waals surface area contributed by atoms with Crippen molar-refractivity contribution in [3.8, 4) is 22.3 Å². The molecule has 5 aromatic rings. The fraction of sp³-hybridized carbons (Fsp3) is 0.0909. The highest BCUT2D eigenvalue weighted by molar-refractivity contribution is 6.16. The molecule has 0 aliphatic rings. The van der Waals surface area contributed by atoms with Gasteiger partial charge in [-0.1, -0.05) is 60.7 Å². The number of fused-ring (bicyclic) bond motifs is 2. The van der Waals surface area contributed by atoms with Crippen LogP contribution in [-0.4, -0.2) is 20.3 Å². The van der Waals surface area contributed by atoms with Crippen molar-refractivity contribution in [2.24, 2.45) is 0 Å². The summed E-state index contributed by atoms with van der Waals surface area (Å²) in [6, 6.07) is 20.2. The van der Waals surface area contributed by atoms with Crippen LogP contribution in [0.5, 0.6) is 0 Å². The van der Waals surface area contributed by atoms with E-state index < -0.39 is 0 Å². The van der Waals surface area contributed by atoms with E-state index in [0.717, 1.165) is 44.7 Å². The molecule has 5 rings (SSSR count). The van der Waals surface area contributed by atoms with Gasteiger partial charge in [-0.25, -0.2) is 14.6 Å². The second-order valence-corrected chi connectivity index (χ2v) is 6.54. The SMILES string of the molecule is Cc1nc2c(-c3ccccc3)c3nonc3c(-c3ccccc3)c2nc1C. The van der Waals surface area contributed by atoms with Crippen LogP contribution < -0.4 is 0 Å². The second kappa shape index (κ2) is 5.99. The monoisotopic (exact) mass is 352 g/mol. The van der Waals surface area contributed by atoms with E-state index in [2.05, 4.69) is 10.3 Å². The highest BCUT2D eigenvalue weighted by Gasteiger charge is 2.23. The molecule has 3 aromatic carbocycles. The van der Waals surface area contributed by atoms with Crippen molar-refractivity contribution in [3.05, 3.63) is 72.1 Å². The molecule has 0 aliphatic carbocycles. The quantitative estimate of drug-likeness (QED) is 0.441. The topological polar surface area (TPSA) is 64.7 Å². The summed E-state index contributed by atoms with van der Waals surface area (Å²) < 4.78 is 5.17. The van der Waals surface area contributed by atoms with Crippen molar-refractivity contribution in [2.75, 3.05) is 0 Å². The minimum atomic E-state index is 0.699. The molecule has 0 atom stereocenters. The maximum Gasteiger partial charge on any atom is 0.146 e. The van der Waals surface area contributed by atoms with Crippen LogP contribution in [0.1, 0.15) is 11.4 Å². The molecule has 0 spiro atoms. The molecule has 27 heavy (non-hydrogen) atoms. The molecular weight excluding hydrogens is 336 g/mol. The third-order valence-electron chi connectivity index (χ3n) is 4.87. The maximum absolute atomic E-state index is 5.17. The molecule has 5 nitrogen and oxygen atoms in total. The Morgan fingerprint density at radius 2 is 0.963 bits per heavy atom. The minimum absolute atomic E-state index is 0.699. The van der Waals surface area contributed by atoms with E-state index in [0.29, 0.717) is 11.0 Å². The van der Waals surface area contributed by atoms with Crippen molar-refractivity contribution in [3.63, 3.8) is 0 Å². The van der Waals surface area contributed by atoms with Crippen LogP contribution in [0.4, 0.5) is 0 Å². The van der Waals surface area contributed by atoms with E-state index in [9.17, 15) is 0 Å². The summed E-state index contributed by atoms with van der Waals surface area (Å²) in [5.74, 6) is 0. The lowest BCUT2D eigenvalue weighted by Gasteiger charge is -2.13. The van der Waals surface area contributed by atoms with Gasteiger partial charge in [-0.05, 0) is 35.3 Å². The summed E-state index contributed by atoms with van der Waals surface area (Å²) in [5.41, 5.74) is 8.65. The molecule has 2 aromatic heterocycles. The molecule has 0 unspecified atom stereocenters. The van der Waals surface area contributed by atoms with Gasteiger partial charge >= 0.3 is 0 Å². The number of benzene rings is 3. The highest BCUT2D eigenvalue weighted by Crippen LogP contribution is 2.40. The minimum Gasteiger partial charge on any atom is -0.249 e. The zero-order valence-electron chi connectivity index (χ0n) is 15.0. The standard InChI is InChI=1S/C22H16N4O/c1-13-14(2)24-20-18(16-11-7-4-8-12-16)22-21(25-27-26-22)17(19(20)23-13)15-9-5-3-6-10-15/h3-12H,1-2H3.